The zero-order valence-electron chi connectivity index (χ0n) is 5.43. The maximum atomic E-state index is 5.12. The molecule has 1 atom stereocenters. The molecule has 0 amide bonds. The van der Waals surface area contributed by atoms with Crippen LogP contribution in [0.4, 0.5) is 0 Å². The molecule has 0 bridgehead atoms. The van der Waals surface area contributed by atoms with Gasteiger partial charge in [-0.1, -0.05) is 27.7 Å². The summed E-state index contributed by atoms with van der Waals surface area (Å²) < 4.78 is 1.05. The lowest BCUT2D eigenvalue weighted by Gasteiger charge is -2.16. The lowest BCUT2D eigenvalue weighted by molar-refractivity contribution is 0.0621. The van der Waals surface area contributed by atoms with Crippen LogP contribution in [0.25, 0.3) is 0 Å². The maximum Gasteiger partial charge on any atom is 0.136 e. The fourth-order valence-corrected chi connectivity index (χ4v) is 1.34. The summed E-state index contributed by atoms with van der Waals surface area (Å²) in [4.78, 5) is 5.12. The summed E-state index contributed by atoms with van der Waals surface area (Å²) in [6, 6.07) is 0. The Labute approximate surface area is 68.8 Å². The normalized spacial score (nSPS) is 26.9. The summed E-state index contributed by atoms with van der Waals surface area (Å²) in [7, 11) is 0. The van der Waals surface area contributed by atoms with Crippen LogP contribution in [-0.2, 0) is 4.84 Å². The molecule has 9 heavy (non-hydrogen) atoms. The number of alkyl halides is 1. The first-order chi connectivity index (χ1) is 4.33. The third-order valence-electron chi connectivity index (χ3n) is 1.36. The predicted molar refractivity (Wildman–Crippen MR) is 46.1 cm³/mol. The first kappa shape index (κ1) is 7.31. The number of halogens is 1. The molecule has 0 aliphatic carbocycles. The molecule has 0 aromatic heterocycles. The second kappa shape index (κ2) is 3.39. The van der Waals surface area contributed by atoms with Gasteiger partial charge in [0.25, 0.3) is 0 Å². The Hall–Kier alpha value is 0.200. The van der Waals surface area contributed by atoms with Crippen molar-refractivity contribution < 1.29 is 4.84 Å². The highest BCUT2D eigenvalue weighted by atomic mass is 127. The quantitative estimate of drug-likeness (QED) is 0.506. The number of hydrogen-bond donors (Lipinski definition) is 0. The van der Waals surface area contributed by atoms with Gasteiger partial charge in [-0.05, 0) is 19.8 Å². The summed E-state index contributed by atoms with van der Waals surface area (Å²) in [6.07, 6.45) is 2.61. The summed E-state index contributed by atoms with van der Waals surface area (Å²) in [5.41, 5.74) is 1.12. The molecule has 52 valence electrons. The SMILES string of the molecule is CC1=NOC(CI)CC1. The molecule has 1 heterocycles. The second-order valence-electron chi connectivity index (χ2n) is 2.25. The van der Waals surface area contributed by atoms with Crippen LogP contribution in [0.3, 0.4) is 0 Å². The molecule has 0 saturated heterocycles. The van der Waals surface area contributed by atoms with E-state index in [1.807, 2.05) is 6.92 Å². The molecule has 1 rings (SSSR count). The van der Waals surface area contributed by atoms with Crippen molar-refractivity contribution in [1.29, 1.82) is 0 Å². The number of hydrogen-bond acceptors (Lipinski definition) is 2. The molecule has 2 nitrogen and oxygen atoms in total. The van der Waals surface area contributed by atoms with Gasteiger partial charge in [-0.25, -0.2) is 0 Å². The molecule has 1 unspecified atom stereocenters. The Morgan fingerprint density at radius 3 is 3.11 bits per heavy atom. The third kappa shape index (κ3) is 2.12. The fraction of sp³-hybridized carbons (Fsp3) is 0.833. The second-order valence-corrected chi connectivity index (χ2v) is 3.13. The van der Waals surface area contributed by atoms with E-state index in [0.29, 0.717) is 6.10 Å². The van der Waals surface area contributed by atoms with E-state index in [2.05, 4.69) is 27.7 Å². The van der Waals surface area contributed by atoms with Crippen LogP contribution in [0.15, 0.2) is 5.16 Å². The van der Waals surface area contributed by atoms with E-state index in [4.69, 9.17) is 4.84 Å². The highest BCUT2D eigenvalue weighted by Gasteiger charge is 2.12. The van der Waals surface area contributed by atoms with Crippen LogP contribution in [0, 0.1) is 0 Å². The molecular weight excluding hydrogens is 229 g/mol. The monoisotopic (exact) mass is 239 g/mol. The van der Waals surface area contributed by atoms with Crippen molar-refractivity contribution in [1.82, 2.24) is 0 Å². The van der Waals surface area contributed by atoms with Crippen LogP contribution in [0.2, 0.25) is 0 Å². The number of rotatable bonds is 1. The first-order valence-corrected chi connectivity index (χ1v) is 4.60. The van der Waals surface area contributed by atoms with Crippen LogP contribution in [0.5, 0.6) is 0 Å². The molecular formula is C6H10INO. The average Bonchev–Trinajstić information content (AvgIpc) is 1.90. The van der Waals surface area contributed by atoms with Gasteiger partial charge in [-0.3, -0.25) is 0 Å². The largest absolute Gasteiger partial charge is 0.392 e. The standard InChI is InChI=1S/C6H10INO/c1-5-2-3-6(4-7)9-8-5/h6H,2-4H2,1H3. The topological polar surface area (TPSA) is 21.6 Å². The summed E-state index contributed by atoms with van der Waals surface area (Å²) in [5, 5.41) is 3.89. The van der Waals surface area contributed by atoms with Crippen molar-refractivity contribution in [3.05, 3.63) is 0 Å². The fourth-order valence-electron chi connectivity index (χ4n) is 0.738. The number of oxime groups is 1. The van der Waals surface area contributed by atoms with Crippen molar-refractivity contribution in [2.45, 2.75) is 25.9 Å². The van der Waals surface area contributed by atoms with Crippen LogP contribution in [-0.4, -0.2) is 16.2 Å². The van der Waals surface area contributed by atoms with Crippen molar-refractivity contribution in [3.8, 4) is 0 Å². The van der Waals surface area contributed by atoms with Crippen molar-refractivity contribution in [3.63, 3.8) is 0 Å². The van der Waals surface area contributed by atoms with Crippen molar-refractivity contribution in [2.75, 3.05) is 4.43 Å². The smallest absolute Gasteiger partial charge is 0.136 e. The van der Waals surface area contributed by atoms with Crippen LogP contribution < -0.4 is 0 Å². The van der Waals surface area contributed by atoms with Gasteiger partial charge in [0.2, 0.25) is 0 Å². The first-order valence-electron chi connectivity index (χ1n) is 3.08. The van der Waals surface area contributed by atoms with Gasteiger partial charge >= 0.3 is 0 Å². The van der Waals surface area contributed by atoms with Crippen LogP contribution in [0.1, 0.15) is 19.8 Å². The lowest BCUT2D eigenvalue weighted by atomic mass is 10.1. The molecule has 0 spiro atoms. The Kier molecular flexibility index (Phi) is 2.75. The summed E-state index contributed by atoms with van der Waals surface area (Å²) in [6.45, 7) is 2.00. The molecule has 0 fully saturated rings. The molecule has 0 aromatic carbocycles. The minimum atomic E-state index is 0.370. The van der Waals surface area contributed by atoms with Crippen molar-refractivity contribution >= 4 is 28.3 Å². The van der Waals surface area contributed by atoms with Gasteiger partial charge in [0.15, 0.2) is 0 Å². The predicted octanol–water partition coefficient (Wildman–Crippen LogP) is 1.98. The Morgan fingerprint density at radius 1 is 1.89 bits per heavy atom. The molecule has 3 heteroatoms. The molecule has 1 aliphatic heterocycles. The molecule has 1 aliphatic rings. The Morgan fingerprint density at radius 2 is 2.67 bits per heavy atom. The van der Waals surface area contributed by atoms with Crippen LogP contribution >= 0.6 is 22.6 Å². The molecule has 0 saturated carbocycles. The van der Waals surface area contributed by atoms with E-state index in [9.17, 15) is 0 Å². The van der Waals surface area contributed by atoms with Gasteiger partial charge < -0.3 is 4.84 Å². The third-order valence-corrected chi connectivity index (χ3v) is 2.34. The van der Waals surface area contributed by atoms with E-state index in [1.165, 1.54) is 0 Å². The van der Waals surface area contributed by atoms with Gasteiger partial charge in [-0.2, -0.15) is 0 Å². The highest BCUT2D eigenvalue weighted by molar-refractivity contribution is 14.1. The Bertz CT molecular complexity index is 124. The molecule has 0 aromatic rings. The minimum absolute atomic E-state index is 0.370. The van der Waals surface area contributed by atoms with E-state index < -0.39 is 0 Å². The van der Waals surface area contributed by atoms with Gasteiger partial charge in [0, 0.05) is 4.43 Å². The van der Waals surface area contributed by atoms with E-state index in [1.54, 1.807) is 0 Å². The number of nitrogens with zero attached hydrogens (tertiary/aromatic N) is 1. The summed E-state index contributed by atoms with van der Waals surface area (Å²) >= 11 is 2.32. The van der Waals surface area contributed by atoms with E-state index >= 15 is 0 Å². The van der Waals surface area contributed by atoms with Gasteiger partial charge in [0.1, 0.15) is 6.10 Å². The highest BCUT2D eigenvalue weighted by Crippen LogP contribution is 2.12. The molecule has 0 radical (unpaired) electrons. The lowest BCUT2D eigenvalue weighted by Crippen LogP contribution is -2.18. The van der Waals surface area contributed by atoms with E-state index in [0.717, 1.165) is 23.0 Å². The maximum absolute atomic E-state index is 5.12. The average molecular weight is 239 g/mol. The Balaban J connectivity index is 2.36. The molecule has 0 N–H and O–H groups in total. The van der Waals surface area contributed by atoms with Gasteiger partial charge in [0.05, 0.1) is 5.71 Å². The van der Waals surface area contributed by atoms with E-state index in [-0.39, 0.29) is 0 Å². The zero-order chi connectivity index (χ0) is 6.69. The van der Waals surface area contributed by atoms with Crippen molar-refractivity contribution in [2.24, 2.45) is 5.16 Å². The minimum Gasteiger partial charge on any atom is -0.392 e. The summed E-state index contributed by atoms with van der Waals surface area (Å²) in [5.74, 6) is 0. The zero-order valence-corrected chi connectivity index (χ0v) is 7.59. The van der Waals surface area contributed by atoms with Gasteiger partial charge in [-0.15, -0.1) is 0 Å².